The maximum absolute atomic E-state index is 2.46. The third-order valence-corrected chi connectivity index (χ3v) is 6.29. The second kappa shape index (κ2) is 6.99. The predicted molar refractivity (Wildman–Crippen MR) is 93.4 cm³/mol. The predicted octanol–water partition coefficient (Wildman–Crippen LogP) is 6.35. The lowest BCUT2D eigenvalue weighted by Crippen LogP contribution is -2.44. The molecule has 0 spiro atoms. The van der Waals surface area contributed by atoms with Gasteiger partial charge in [-0.3, -0.25) is 0 Å². The summed E-state index contributed by atoms with van der Waals surface area (Å²) in [6.45, 7) is 12.3. The molecule has 0 radical (unpaired) electrons. The molecule has 0 aromatic heterocycles. The normalized spacial score (nSPS) is 25.5. The van der Waals surface area contributed by atoms with Gasteiger partial charge >= 0.3 is 0 Å². The van der Waals surface area contributed by atoms with Crippen molar-refractivity contribution in [3.8, 4) is 0 Å². The lowest BCUT2D eigenvalue weighted by atomic mass is 9.53. The summed E-state index contributed by atoms with van der Waals surface area (Å²) in [5.41, 5.74) is 2.07. The molecule has 0 heteroatoms. The first kappa shape index (κ1) is 16.6. The van der Waals surface area contributed by atoms with Crippen LogP contribution in [0, 0.1) is 29.1 Å². The molecule has 1 aliphatic carbocycles. The number of aryl methyl sites for hydroxylation is 1. The molecule has 2 atom stereocenters. The Balaban J connectivity index is 2.15. The van der Waals surface area contributed by atoms with Crippen LogP contribution < -0.4 is 0 Å². The number of hydrogen-bond acceptors (Lipinski definition) is 0. The highest BCUT2D eigenvalue weighted by molar-refractivity contribution is 5.15. The third-order valence-electron chi connectivity index (χ3n) is 6.29. The van der Waals surface area contributed by atoms with Gasteiger partial charge in [0.15, 0.2) is 0 Å². The highest BCUT2D eigenvalue weighted by atomic mass is 14.5. The van der Waals surface area contributed by atoms with Gasteiger partial charge in [0.2, 0.25) is 0 Å². The van der Waals surface area contributed by atoms with Crippen LogP contribution in [0.15, 0.2) is 30.3 Å². The molecule has 1 aliphatic rings. The van der Waals surface area contributed by atoms with Crippen LogP contribution in [0.3, 0.4) is 0 Å². The summed E-state index contributed by atoms with van der Waals surface area (Å²) in [4.78, 5) is 0. The van der Waals surface area contributed by atoms with Crippen molar-refractivity contribution in [1.29, 1.82) is 0 Å². The van der Waals surface area contributed by atoms with Crippen molar-refractivity contribution < 1.29 is 0 Å². The molecule has 2 rings (SSSR count). The SMILES string of the molecule is CC(C)C1(C(C)C)CC[C@@H](C)C[C@H]1CCc1ccccc1. The third kappa shape index (κ3) is 3.52. The van der Waals surface area contributed by atoms with E-state index in [1.807, 2.05) is 0 Å². The maximum Gasteiger partial charge on any atom is -0.0223 e. The van der Waals surface area contributed by atoms with Crippen LogP contribution in [0.5, 0.6) is 0 Å². The minimum Gasteiger partial charge on any atom is -0.0625 e. The zero-order valence-corrected chi connectivity index (χ0v) is 14.7. The van der Waals surface area contributed by atoms with Crippen molar-refractivity contribution >= 4 is 0 Å². The van der Waals surface area contributed by atoms with Crippen LogP contribution in [0.1, 0.15) is 65.9 Å². The Labute approximate surface area is 132 Å². The fraction of sp³-hybridized carbons (Fsp3) is 0.714. The van der Waals surface area contributed by atoms with Crippen molar-refractivity contribution in [3.05, 3.63) is 35.9 Å². The second-order valence-electron chi connectivity index (χ2n) is 8.02. The van der Waals surface area contributed by atoms with E-state index in [1.54, 1.807) is 0 Å². The van der Waals surface area contributed by atoms with Gasteiger partial charge in [0, 0.05) is 0 Å². The Bertz CT molecular complexity index is 407. The molecule has 0 unspecified atom stereocenters. The van der Waals surface area contributed by atoms with Crippen LogP contribution >= 0.6 is 0 Å². The van der Waals surface area contributed by atoms with Crippen LogP contribution in [-0.2, 0) is 6.42 Å². The largest absolute Gasteiger partial charge is 0.0625 e. The first-order valence-electron chi connectivity index (χ1n) is 9.00. The summed E-state index contributed by atoms with van der Waals surface area (Å²) >= 11 is 0. The smallest absolute Gasteiger partial charge is 0.0223 e. The van der Waals surface area contributed by atoms with E-state index in [0.717, 1.165) is 23.7 Å². The van der Waals surface area contributed by atoms with Crippen LogP contribution in [-0.4, -0.2) is 0 Å². The molecule has 118 valence electrons. The molecule has 0 nitrogen and oxygen atoms in total. The van der Waals surface area contributed by atoms with Gasteiger partial charge in [-0.15, -0.1) is 0 Å². The lowest BCUT2D eigenvalue weighted by Gasteiger charge is -2.52. The molecule has 0 aliphatic heterocycles. The number of hydrogen-bond donors (Lipinski definition) is 0. The second-order valence-corrected chi connectivity index (χ2v) is 8.02. The van der Waals surface area contributed by atoms with Crippen LogP contribution in [0.4, 0.5) is 0 Å². The average molecular weight is 287 g/mol. The van der Waals surface area contributed by atoms with Gasteiger partial charge < -0.3 is 0 Å². The van der Waals surface area contributed by atoms with Gasteiger partial charge in [0.1, 0.15) is 0 Å². The van der Waals surface area contributed by atoms with Gasteiger partial charge in [-0.25, -0.2) is 0 Å². The fourth-order valence-electron chi connectivity index (χ4n) is 5.08. The van der Waals surface area contributed by atoms with Crippen molar-refractivity contribution in [1.82, 2.24) is 0 Å². The highest BCUT2D eigenvalue weighted by Gasteiger charge is 2.46. The van der Waals surface area contributed by atoms with E-state index >= 15 is 0 Å². The molecule has 0 heterocycles. The van der Waals surface area contributed by atoms with Crippen LogP contribution in [0.2, 0.25) is 0 Å². The Hall–Kier alpha value is -0.780. The fourth-order valence-corrected chi connectivity index (χ4v) is 5.08. The van der Waals surface area contributed by atoms with Gasteiger partial charge in [-0.2, -0.15) is 0 Å². The summed E-state index contributed by atoms with van der Waals surface area (Å²) in [7, 11) is 0. The van der Waals surface area contributed by atoms with E-state index in [2.05, 4.69) is 65.0 Å². The van der Waals surface area contributed by atoms with E-state index in [0.29, 0.717) is 5.41 Å². The highest BCUT2D eigenvalue weighted by Crippen LogP contribution is 2.54. The first-order chi connectivity index (χ1) is 9.96. The average Bonchev–Trinajstić information content (AvgIpc) is 2.45. The van der Waals surface area contributed by atoms with Crippen molar-refractivity contribution in [3.63, 3.8) is 0 Å². The van der Waals surface area contributed by atoms with Crippen LogP contribution in [0.25, 0.3) is 0 Å². The molecule has 21 heavy (non-hydrogen) atoms. The molecule has 1 aromatic carbocycles. The number of rotatable bonds is 5. The Kier molecular flexibility index (Phi) is 5.52. The molecule has 1 saturated carbocycles. The molecule has 0 amide bonds. The quantitative estimate of drug-likeness (QED) is 0.591. The summed E-state index contributed by atoms with van der Waals surface area (Å²) in [6.07, 6.45) is 6.91. The minimum atomic E-state index is 0.557. The zero-order valence-electron chi connectivity index (χ0n) is 14.7. The molecular weight excluding hydrogens is 252 g/mol. The first-order valence-corrected chi connectivity index (χ1v) is 9.00. The summed E-state index contributed by atoms with van der Waals surface area (Å²) in [5.74, 6) is 3.40. The molecule has 1 fully saturated rings. The van der Waals surface area contributed by atoms with Crippen molar-refractivity contribution in [2.45, 2.75) is 66.7 Å². The molecule has 1 aromatic rings. The van der Waals surface area contributed by atoms with E-state index in [4.69, 9.17) is 0 Å². The van der Waals surface area contributed by atoms with E-state index < -0.39 is 0 Å². The summed E-state index contributed by atoms with van der Waals surface area (Å²) in [6, 6.07) is 11.1. The Morgan fingerprint density at radius 1 is 1.05 bits per heavy atom. The molecular formula is C21H34. The lowest BCUT2D eigenvalue weighted by molar-refractivity contribution is -0.0284. The van der Waals surface area contributed by atoms with E-state index in [-0.39, 0.29) is 0 Å². The number of benzene rings is 1. The van der Waals surface area contributed by atoms with E-state index in [1.165, 1.54) is 37.7 Å². The summed E-state index contributed by atoms with van der Waals surface area (Å²) in [5, 5.41) is 0. The van der Waals surface area contributed by atoms with Crippen molar-refractivity contribution in [2.24, 2.45) is 29.1 Å². The Morgan fingerprint density at radius 2 is 1.67 bits per heavy atom. The van der Waals surface area contributed by atoms with Gasteiger partial charge in [0.25, 0.3) is 0 Å². The monoisotopic (exact) mass is 286 g/mol. The van der Waals surface area contributed by atoms with Gasteiger partial charge in [0.05, 0.1) is 0 Å². The van der Waals surface area contributed by atoms with E-state index in [9.17, 15) is 0 Å². The summed E-state index contributed by atoms with van der Waals surface area (Å²) < 4.78 is 0. The Morgan fingerprint density at radius 3 is 2.24 bits per heavy atom. The van der Waals surface area contributed by atoms with Gasteiger partial charge in [-0.05, 0) is 60.3 Å². The standard InChI is InChI=1S/C21H34/c1-16(2)21(17(3)4)14-13-18(5)15-20(21)12-11-19-9-7-6-8-10-19/h6-10,16-18,20H,11-15H2,1-5H3/t18-,20-/m1/s1. The minimum absolute atomic E-state index is 0.557. The zero-order chi connectivity index (χ0) is 15.5. The topological polar surface area (TPSA) is 0 Å². The molecule has 0 saturated heterocycles. The molecule has 0 N–H and O–H groups in total. The molecule has 0 bridgehead atoms. The van der Waals surface area contributed by atoms with Crippen molar-refractivity contribution in [2.75, 3.05) is 0 Å². The maximum atomic E-state index is 2.46. The van der Waals surface area contributed by atoms with Gasteiger partial charge in [-0.1, -0.05) is 71.4 Å².